The minimum Gasteiger partial charge on any atom is -0.394 e. The number of aliphatic hydroxyl groups excluding tert-OH is 4. The van der Waals surface area contributed by atoms with Crippen LogP contribution in [-0.2, 0) is 4.74 Å². The largest absolute Gasteiger partial charge is 0.394 e. The molecule has 6 atom stereocenters. The van der Waals surface area contributed by atoms with Crippen LogP contribution in [0.1, 0.15) is 6.42 Å². The van der Waals surface area contributed by atoms with E-state index in [9.17, 15) is 20.2 Å². The smallest absolute Gasteiger partial charge is 0.167 e. The van der Waals surface area contributed by atoms with E-state index in [1.165, 1.54) is 4.90 Å². The summed E-state index contributed by atoms with van der Waals surface area (Å²) < 4.78 is 5.43. The number of hydrogen-bond donors (Lipinski definition) is 5. The van der Waals surface area contributed by atoms with Gasteiger partial charge in [-0.15, -0.1) is 0 Å². The van der Waals surface area contributed by atoms with E-state index in [0.29, 0.717) is 0 Å². The molecule has 110 valence electrons. The van der Waals surface area contributed by atoms with Crippen molar-refractivity contribution in [3.8, 4) is 0 Å². The normalized spacial score (nSPS) is 44.4. The molecule has 5 N–H and O–H groups in total. The second kappa shape index (κ2) is 6.18. The summed E-state index contributed by atoms with van der Waals surface area (Å²) in [5, 5.41) is 43.4. The molecule has 0 radical (unpaired) electrons. The molecule has 0 spiro atoms. The lowest BCUT2D eigenvalue weighted by atomic mass is 10.0. The zero-order chi connectivity index (χ0) is 14.0. The first-order valence-electron chi connectivity index (χ1n) is 6.18. The van der Waals surface area contributed by atoms with Gasteiger partial charge in [0.15, 0.2) is 6.35 Å². The third-order valence-electron chi connectivity index (χ3n) is 3.59. The highest BCUT2D eigenvalue weighted by Gasteiger charge is 2.43. The zero-order valence-corrected chi connectivity index (χ0v) is 10.3. The van der Waals surface area contributed by atoms with Crippen LogP contribution in [0.5, 0.6) is 0 Å². The van der Waals surface area contributed by atoms with Crippen LogP contribution in [0.25, 0.3) is 0 Å². The molecule has 0 bridgehead atoms. The van der Waals surface area contributed by atoms with Crippen LogP contribution in [0.4, 0.5) is 0 Å². The number of rotatable bonds is 4. The van der Waals surface area contributed by atoms with Crippen LogP contribution in [0.2, 0.25) is 0 Å². The van der Waals surface area contributed by atoms with Crippen molar-refractivity contribution in [3.63, 3.8) is 0 Å². The van der Waals surface area contributed by atoms with Gasteiger partial charge in [0.25, 0.3) is 0 Å². The molecule has 9 nitrogen and oxygen atoms in total. The summed E-state index contributed by atoms with van der Waals surface area (Å²) in [7, 11) is 0. The van der Waals surface area contributed by atoms with E-state index in [1.54, 1.807) is 0 Å². The van der Waals surface area contributed by atoms with Crippen LogP contribution in [0.3, 0.4) is 0 Å². The predicted octanol–water partition coefficient (Wildman–Crippen LogP) is -2.66. The van der Waals surface area contributed by atoms with Crippen LogP contribution in [-0.4, -0.2) is 76.0 Å². The highest BCUT2D eigenvalue weighted by molar-refractivity contribution is 4.87. The van der Waals surface area contributed by atoms with Gasteiger partial charge in [-0.05, 0) is 0 Å². The first-order chi connectivity index (χ1) is 9.06. The van der Waals surface area contributed by atoms with Crippen molar-refractivity contribution in [1.29, 1.82) is 0 Å². The molecule has 0 aromatic rings. The Kier molecular flexibility index (Phi) is 4.79. The molecule has 2 saturated heterocycles. The van der Waals surface area contributed by atoms with Crippen molar-refractivity contribution in [3.05, 3.63) is 4.91 Å². The fraction of sp³-hybridized carbons (Fsp3) is 1.00. The molecule has 2 aliphatic heterocycles. The molecule has 2 aliphatic rings. The number of nitroso groups, excluding NO2 is 1. The number of nitrogens with one attached hydrogen (secondary N) is 1. The second-order valence-corrected chi connectivity index (χ2v) is 4.87. The minimum atomic E-state index is -1.15. The Bertz CT molecular complexity index is 320. The second-order valence-electron chi connectivity index (χ2n) is 4.87. The molecular formula is C10H19N3O6. The molecule has 0 saturated carbocycles. The Morgan fingerprint density at radius 3 is 2.68 bits per heavy atom. The summed E-state index contributed by atoms with van der Waals surface area (Å²) in [5.74, 6) is -0.463. The van der Waals surface area contributed by atoms with E-state index in [2.05, 4.69) is 10.5 Å². The Labute approximate surface area is 109 Å². The van der Waals surface area contributed by atoms with Crippen molar-refractivity contribution in [2.24, 2.45) is 11.1 Å². The number of ether oxygens (including phenoxy) is 1. The maximum absolute atomic E-state index is 10.3. The van der Waals surface area contributed by atoms with E-state index in [4.69, 9.17) is 9.84 Å². The van der Waals surface area contributed by atoms with Gasteiger partial charge >= 0.3 is 0 Å². The molecule has 0 aromatic heterocycles. The first kappa shape index (κ1) is 14.7. The van der Waals surface area contributed by atoms with Gasteiger partial charge in [-0.2, -0.15) is 4.91 Å². The molecule has 4 unspecified atom stereocenters. The van der Waals surface area contributed by atoms with Gasteiger partial charge < -0.3 is 25.2 Å². The third kappa shape index (κ3) is 3.08. The molecule has 2 heterocycles. The maximum atomic E-state index is 10.3. The van der Waals surface area contributed by atoms with Crippen molar-refractivity contribution in [2.45, 2.75) is 37.4 Å². The molecular weight excluding hydrogens is 258 g/mol. The van der Waals surface area contributed by atoms with Gasteiger partial charge in [0.1, 0.15) is 18.6 Å². The summed E-state index contributed by atoms with van der Waals surface area (Å²) >= 11 is 0. The van der Waals surface area contributed by atoms with Gasteiger partial charge in [0.2, 0.25) is 0 Å². The predicted molar refractivity (Wildman–Crippen MR) is 62.4 cm³/mol. The first-order valence-corrected chi connectivity index (χ1v) is 6.18. The van der Waals surface area contributed by atoms with Crippen LogP contribution in [0.15, 0.2) is 5.18 Å². The number of aliphatic hydroxyl groups is 4. The van der Waals surface area contributed by atoms with Crippen molar-refractivity contribution >= 4 is 0 Å². The van der Waals surface area contributed by atoms with Crippen LogP contribution >= 0.6 is 0 Å². The summed E-state index contributed by atoms with van der Waals surface area (Å²) in [6, 6.07) is 0. The van der Waals surface area contributed by atoms with E-state index in [-0.39, 0.29) is 26.1 Å². The quantitative estimate of drug-likeness (QED) is 0.351. The monoisotopic (exact) mass is 277 g/mol. The standard InChI is InChI=1S/C10H19N3O6/c14-4-7-6(15)1-8(19-7)13-3-5(2-11-18)9(16)12-10(13)17/h5-10,12,14-17H,1-4H2/t5?,6?,7?,8?,9-,10-/m0/s1. The lowest BCUT2D eigenvalue weighted by Crippen LogP contribution is -2.63. The van der Waals surface area contributed by atoms with Crippen molar-refractivity contribution in [1.82, 2.24) is 10.2 Å². The highest BCUT2D eigenvalue weighted by atomic mass is 16.5. The average molecular weight is 277 g/mol. The van der Waals surface area contributed by atoms with Crippen molar-refractivity contribution in [2.75, 3.05) is 19.7 Å². The molecule has 9 heteroatoms. The van der Waals surface area contributed by atoms with Crippen LogP contribution in [0, 0.1) is 10.8 Å². The SMILES string of the molecule is O=NCC1CN(C2CC(O)C(CO)O2)[C@@H](O)N[C@H]1O. The molecule has 0 aliphatic carbocycles. The van der Waals surface area contributed by atoms with E-state index in [0.717, 1.165) is 0 Å². The molecule has 0 amide bonds. The molecule has 2 rings (SSSR count). The van der Waals surface area contributed by atoms with Gasteiger partial charge in [-0.3, -0.25) is 5.32 Å². The summed E-state index contributed by atoms with van der Waals surface area (Å²) in [5.41, 5.74) is 0. The Morgan fingerprint density at radius 1 is 1.37 bits per heavy atom. The third-order valence-corrected chi connectivity index (χ3v) is 3.59. The Morgan fingerprint density at radius 2 is 2.11 bits per heavy atom. The van der Waals surface area contributed by atoms with Crippen LogP contribution < -0.4 is 5.32 Å². The lowest BCUT2D eigenvalue weighted by Gasteiger charge is -2.42. The number of hydrogen-bond acceptors (Lipinski definition) is 9. The topological polar surface area (TPSA) is 135 Å². The van der Waals surface area contributed by atoms with E-state index in [1.807, 2.05) is 0 Å². The van der Waals surface area contributed by atoms with Gasteiger partial charge in [-0.1, -0.05) is 5.18 Å². The van der Waals surface area contributed by atoms with Gasteiger partial charge in [-0.25, -0.2) is 4.90 Å². The summed E-state index contributed by atoms with van der Waals surface area (Å²) in [6.45, 7) is -0.191. The summed E-state index contributed by atoms with van der Waals surface area (Å²) in [4.78, 5) is 11.8. The molecule has 2 fully saturated rings. The molecule has 19 heavy (non-hydrogen) atoms. The average Bonchev–Trinajstić information content (AvgIpc) is 2.74. The number of nitrogens with zero attached hydrogens (tertiary/aromatic N) is 2. The minimum absolute atomic E-state index is 0.0872. The summed E-state index contributed by atoms with van der Waals surface area (Å²) in [6.07, 6.45) is -4.02. The highest BCUT2D eigenvalue weighted by Crippen LogP contribution is 2.27. The van der Waals surface area contributed by atoms with Gasteiger partial charge in [0.05, 0.1) is 19.3 Å². The fourth-order valence-electron chi connectivity index (χ4n) is 2.47. The lowest BCUT2D eigenvalue weighted by molar-refractivity contribution is -0.190. The van der Waals surface area contributed by atoms with E-state index < -0.39 is 36.9 Å². The molecule has 0 aromatic carbocycles. The zero-order valence-electron chi connectivity index (χ0n) is 10.3. The van der Waals surface area contributed by atoms with Gasteiger partial charge in [0, 0.05) is 18.9 Å². The Balaban J connectivity index is 2.00. The van der Waals surface area contributed by atoms with E-state index >= 15 is 0 Å². The van der Waals surface area contributed by atoms with Crippen molar-refractivity contribution < 1.29 is 25.2 Å². The Hall–Kier alpha value is -0.680. The maximum Gasteiger partial charge on any atom is 0.167 e. The fourth-order valence-corrected chi connectivity index (χ4v) is 2.47.